The topological polar surface area (TPSA) is 0 Å². The molecule has 1 heterocycles. The van der Waals surface area contributed by atoms with Crippen LogP contribution in [0.4, 0.5) is 0 Å². The van der Waals surface area contributed by atoms with Gasteiger partial charge in [-0.1, -0.05) is 233 Å². The third-order valence-electron chi connectivity index (χ3n) is 11.0. The van der Waals surface area contributed by atoms with E-state index < -0.39 is 23.2 Å². The molecule has 1 aromatic heterocycles. The van der Waals surface area contributed by atoms with Gasteiger partial charge in [0.15, 0.2) is 0 Å². The normalized spacial score (nSPS) is 17.7. The molecule has 0 saturated carbocycles. The van der Waals surface area contributed by atoms with Gasteiger partial charge >= 0.3 is 103 Å². The van der Waals surface area contributed by atoms with Crippen molar-refractivity contribution < 1.29 is 103 Å². The van der Waals surface area contributed by atoms with Gasteiger partial charge in [-0.05, 0) is 15.1 Å². The molecule has 1 rings (SSSR count). The molecular weight excluding hydrogens is 750 g/mol. The fourth-order valence-electron chi connectivity index (χ4n) is 12.7. The Morgan fingerprint density at radius 3 is 0.543 bits per heavy atom. The van der Waals surface area contributed by atoms with E-state index in [0.29, 0.717) is 45.3 Å². The van der Waals surface area contributed by atoms with Crippen molar-refractivity contribution in [3.8, 4) is 0 Å². The van der Waals surface area contributed by atoms with Crippen molar-refractivity contribution in [2.24, 2.45) is 0 Å². The Balaban J connectivity index is 0. The Kier molecular flexibility index (Phi) is 18.6. The number of hydrogen-bond donors (Lipinski definition) is 0. The number of rotatable bonds is 5. The van der Waals surface area contributed by atoms with Gasteiger partial charge in [0.2, 0.25) is 0 Å². The molecule has 0 bridgehead atoms. The van der Waals surface area contributed by atoms with E-state index in [4.69, 9.17) is 0 Å². The summed E-state index contributed by atoms with van der Waals surface area (Å²) < 4.78 is 0. The third-order valence-corrected chi connectivity index (χ3v) is 111. The second kappa shape index (κ2) is 15.9. The smallest absolute Gasteiger partial charge is 0.473 e. The van der Waals surface area contributed by atoms with Gasteiger partial charge in [0.25, 0.3) is 0 Å². The van der Waals surface area contributed by atoms with Gasteiger partial charge in [0.1, 0.15) is 7.74 Å². The summed E-state index contributed by atoms with van der Waals surface area (Å²) in [7, 11) is -1.68. The van der Waals surface area contributed by atoms with Gasteiger partial charge in [0.05, 0.1) is 0 Å². The minimum Gasteiger partial charge on any atom is -0.473 e. The first-order valence-corrected chi connectivity index (χ1v) is 35.3. The Labute approximate surface area is 387 Å². The molecule has 0 radical (unpaired) electrons. The zero-order valence-corrected chi connectivity index (χ0v) is 51.0. The standard InChI is InChI=1S/C36H81P5Si3.2K/c1-28(2,3)42(29(4,5)6,30(7,8)9)37-39-40(38-43(31(10,11)12,32(13,14)15)33(16,17)18)41(39)44(34(19,20)21,35(22,23)24)36(25,26)27;;/h1-27H3;;/q-2;2*+1. The van der Waals surface area contributed by atoms with Crippen LogP contribution in [0.25, 0.3) is 0 Å². The average molecular weight is 831 g/mol. The van der Waals surface area contributed by atoms with E-state index in [1.54, 1.807) is 0 Å². The summed E-state index contributed by atoms with van der Waals surface area (Å²) in [5.41, 5.74) is 0. The van der Waals surface area contributed by atoms with Crippen molar-refractivity contribution >= 4 is 58.4 Å². The SMILES string of the molecule is CC(C)(C)[Si]([P-]p1p([P-][Si](C(C)(C)C)(C(C)(C)C)C(C)(C)C)p1[Si](C(C)(C)C)(C(C)(C)C)C(C)(C)C)(C(C)(C)C)C(C)(C)C.[K+].[K+]. The molecule has 0 amide bonds. The molecule has 0 aromatic carbocycles. The van der Waals surface area contributed by atoms with E-state index in [1.807, 2.05) is 15.6 Å². The molecular formula is C36H81K2P5Si3. The van der Waals surface area contributed by atoms with Crippen molar-refractivity contribution in [1.82, 2.24) is 0 Å². The zero-order valence-electron chi connectivity index (χ0n) is 37.2. The number of hydrogen-bond acceptors (Lipinski definition) is 0. The summed E-state index contributed by atoms with van der Waals surface area (Å²) in [5, 5.41) is 3.28. The molecule has 264 valence electrons. The Hall–Kier alpha value is 5.68. The molecule has 0 aliphatic heterocycles. The Morgan fingerprint density at radius 2 is 0.435 bits per heavy atom. The van der Waals surface area contributed by atoms with Crippen LogP contribution in [-0.4, -0.2) is 23.2 Å². The maximum Gasteiger partial charge on any atom is 1.00 e. The van der Waals surface area contributed by atoms with Gasteiger partial charge in [-0.15, -0.1) is 0 Å². The summed E-state index contributed by atoms with van der Waals surface area (Å²) >= 11 is 0. The fourth-order valence-corrected chi connectivity index (χ4v) is 190. The van der Waals surface area contributed by atoms with Crippen LogP contribution < -0.4 is 103 Å². The first kappa shape index (κ1) is 53.8. The second-order valence-corrected chi connectivity index (χ2v) is 73.9. The van der Waals surface area contributed by atoms with Crippen LogP contribution in [-0.2, 0) is 0 Å². The minimum absolute atomic E-state index is 0. The average Bonchev–Trinajstić information content (AvgIpc) is 3.25. The summed E-state index contributed by atoms with van der Waals surface area (Å²) in [5.74, 6) is 0. The Bertz CT molecular complexity index is 957. The molecule has 0 aliphatic rings. The largest absolute Gasteiger partial charge is 1.00 e. The van der Waals surface area contributed by atoms with Crippen LogP contribution in [0.2, 0.25) is 45.3 Å². The molecule has 46 heavy (non-hydrogen) atoms. The monoisotopic (exact) mass is 830 g/mol. The predicted octanol–water partition coefficient (Wildman–Crippen LogP) is 13.0. The van der Waals surface area contributed by atoms with E-state index >= 15 is 0 Å². The molecule has 0 saturated heterocycles. The molecule has 0 nitrogen and oxygen atoms in total. The zero-order chi connectivity index (χ0) is 36.1. The molecule has 1 aromatic rings. The quantitative estimate of drug-likeness (QED) is 0.205. The first-order chi connectivity index (χ1) is 18.6. The molecule has 0 aliphatic carbocycles. The molecule has 0 fully saturated rings. The van der Waals surface area contributed by atoms with Crippen LogP contribution in [0.5, 0.6) is 0 Å². The van der Waals surface area contributed by atoms with Crippen LogP contribution in [0, 0.1) is 0 Å². The maximum absolute atomic E-state index is 2.70. The minimum atomic E-state index is -1.89. The molecule has 0 spiro atoms. The summed E-state index contributed by atoms with van der Waals surface area (Å²) in [6.45, 7) is 72.2. The first-order valence-electron chi connectivity index (χ1n) is 17.4. The molecule has 0 N–H and O–H groups in total. The van der Waals surface area contributed by atoms with E-state index in [-0.39, 0.29) is 122 Å². The van der Waals surface area contributed by atoms with Crippen LogP contribution in [0.15, 0.2) is 0 Å². The molecule has 2 unspecified atom stereocenters. The van der Waals surface area contributed by atoms with Crippen molar-refractivity contribution in [2.45, 2.75) is 232 Å². The maximum atomic E-state index is 2.70. The van der Waals surface area contributed by atoms with Crippen molar-refractivity contribution in [2.75, 3.05) is 0 Å². The van der Waals surface area contributed by atoms with Crippen LogP contribution in [0.3, 0.4) is 0 Å². The van der Waals surface area contributed by atoms with Crippen LogP contribution >= 0.6 is 35.2 Å². The van der Waals surface area contributed by atoms with Gasteiger partial charge in [-0.2, -0.15) is 6.44 Å². The second-order valence-electron chi connectivity index (χ2n) is 23.4. The van der Waals surface area contributed by atoms with E-state index in [2.05, 4.69) is 187 Å². The Morgan fingerprint density at radius 1 is 0.283 bits per heavy atom. The van der Waals surface area contributed by atoms with Crippen molar-refractivity contribution in [1.29, 1.82) is 0 Å². The van der Waals surface area contributed by atoms with E-state index in [9.17, 15) is 0 Å². The van der Waals surface area contributed by atoms with Crippen molar-refractivity contribution in [3.63, 3.8) is 0 Å². The van der Waals surface area contributed by atoms with Crippen molar-refractivity contribution in [3.05, 3.63) is 0 Å². The molecule has 10 heteroatoms. The molecule has 2 atom stereocenters. The van der Waals surface area contributed by atoms with Gasteiger partial charge in [-0.3, -0.25) is 13.2 Å². The van der Waals surface area contributed by atoms with E-state index in [0.717, 1.165) is 0 Å². The van der Waals surface area contributed by atoms with Gasteiger partial charge < -0.3 is 15.6 Å². The predicted molar refractivity (Wildman–Crippen MR) is 229 cm³/mol. The van der Waals surface area contributed by atoms with Crippen LogP contribution in [0.1, 0.15) is 187 Å². The third kappa shape index (κ3) is 9.27. The van der Waals surface area contributed by atoms with Gasteiger partial charge in [-0.25, -0.2) is 0 Å². The summed E-state index contributed by atoms with van der Waals surface area (Å²) in [6.07, 6.45) is 0.0124. The van der Waals surface area contributed by atoms with Gasteiger partial charge in [0, 0.05) is 0 Å². The summed E-state index contributed by atoms with van der Waals surface area (Å²) in [6, 6.07) is 0. The summed E-state index contributed by atoms with van der Waals surface area (Å²) in [4.78, 5) is 0. The van der Waals surface area contributed by atoms with E-state index in [1.165, 1.54) is 0 Å². The fraction of sp³-hybridized carbons (Fsp3) is 1.00.